The van der Waals surface area contributed by atoms with E-state index in [0.717, 1.165) is 0 Å². The van der Waals surface area contributed by atoms with Crippen LogP contribution >= 0.6 is 0 Å². The zero-order chi connectivity index (χ0) is 25.1. The van der Waals surface area contributed by atoms with Gasteiger partial charge >= 0.3 is 17.9 Å². The number of esters is 3. The van der Waals surface area contributed by atoms with Gasteiger partial charge in [-0.1, -0.05) is 0 Å². The fraction of sp³-hybridized carbons (Fsp3) is 0.800. The lowest BCUT2D eigenvalue weighted by molar-refractivity contribution is -0.479. The molecule has 18 nitrogen and oxygen atoms in total. The Hall–Kier alpha value is -3.51. The molecule has 186 valence electrons. The number of hydrogen-bond acceptors (Lipinski definition) is 15. The smallest absolute Gasteiger partial charge is 0.314 e. The molecule has 0 saturated carbocycles. The van der Waals surface area contributed by atoms with E-state index in [4.69, 9.17) is 18.9 Å². The minimum atomic E-state index is -1.95. The second-order valence-electron chi connectivity index (χ2n) is 6.53. The molecule has 1 aliphatic rings. The summed E-state index contributed by atoms with van der Waals surface area (Å²) in [5.74, 6) is -3.68. The van der Waals surface area contributed by atoms with Gasteiger partial charge in [0.1, 0.15) is 31.5 Å². The topological polar surface area (TPSA) is 258 Å². The Bertz CT molecular complexity index is 759. The molecule has 2 N–H and O–H groups in total. The number of hydrogen-bond donors (Lipinski definition) is 2. The van der Waals surface area contributed by atoms with Crippen molar-refractivity contribution in [1.82, 2.24) is 0 Å². The standard InChI is InChI=1S/C15H21N3O15/c19-7-8-12(23)13(31-9(20)1-4-16(24)25)14(32-10(21)2-5-17(26)27)15(30-8)33-11(22)3-6-18(28)29/h8,12-15,19,23H,1-7H2/t8-,12-,13+,14-,15-/m1/s1. The van der Waals surface area contributed by atoms with Crippen molar-refractivity contribution < 1.29 is 58.3 Å². The summed E-state index contributed by atoms with van der Waals surface area (Å²) in [6.45, 7) is -3.43. The molecule has 18 heteroatoms. The van der Waals surface area contributed by atoms with Crippen LogP contribution in [-0.2, 0) is 33.3 Å². The lowest BCUT2D eigenvalue weighted by Gasteiger charge is -2.42. The van der Waals surface area contributed by atoms with Gasteiger partial charge in [-0.25, -0.2) is 0 Å². The predicted molar refractivity (Wildman–Crippen MR) is 97.0 cm³/mol. The first-order valence-corrected chi connectivity index (χ1v) is 9.32. The highest BCUT2D eigenvalue weighted by molar-refractivity contribution is 5.71. The molecule has 0 unspecified atom stereocenters. The molecule has 0 radical (unpaired) electrons. The predicted octanol–water partition coefficient (Wildman–Crippen LogP) is -2.57. The van der Waals surface area contributed by atoms with Gasteiger partial charge in [0.15, 0.2) is 6.10 Å². The van der Waals surface area contributed by atoms with Crippen molar-refractivity contribution in [1.29, 1.82) is 0 Å². The zero-order valence-corrected chi connectivity index (χ0v) is 16.9. The molecular weight excluding hydrogens is 462 g/mol. The average molecular weight is 483 g/mol. The number of aliphatic hydroxyl groups is 2. The van der Waals surface area contributed by atoms with Crippen LogP contribution in [0.2, 0.25) is 0 Å². The SMILES string of the molecule is O=C(CC[N+](=O)[O-])O[C@H]1O[C@H](CO)[C@@H](O)[C@H](OC(=O)CC[N+](=O)[O-])[C@H]1OC(=O)CC[N+](=O)[O-]. The Kier molecular flexibility index (Phi) is 11.0. The monoisotopic (exact) mass is 483 g/mol. The summed E-state index contributed by atoms with van der Waals surface area (Å²) in [5, 5.41) is 51.1. The van der Waals surface area contributed by atoms with Crippen molar-refractivity contribution >= 4 is 17.9 Å². The maximum absolute atomic E-state index is 12.0. The Balaban J connectivity index is 3.11. The van der Waals surface area contributed by atoms with Gasteiger partial charge in [0.05, 0.1) is 6.61 Å². The van der Waals surface area contributed by atoms with E-state index in [1.165, 1.54) is 0 Å². The molecule has 0 aromatic heterocycles. The third kappa shape index (κ3) is 9.66. The highest BCUT2D eigenvalue weighted by Crippen LogP contribution is 2.28. The lowest BCUT2D eigenvalue weighted by atomic mass is 9.98. The van der Waals surface area contributed by atoms with Gasteiger partial charge in [-0.15, -0.1) is 0 Å². The number of aliphatic hydroxyl groups excluding tert-OH is 2. The van der Waals surface area contributed by atoms with Crippen LogP contribution in [0.4, 0.5) is 0 Å². The average Bonchev–Trinajstić information content (AvgIpc) is 2.73. The van der Waals surface area contributed by atoms with Crippen LogP contribution in [-0.4, -0.2) is 99.8 Å². The lowest BCUT2D eigenvalue weighted by Crippen LogP contribution is -2.62. The molecule has 0 amide bonds. The fourth-order valence-electron chi connectivity index (χ4n) is 2.55. The molecule has 5 atom stereocenters. The van der Waals surface area contributed by atoms with Crippen molar-refractivity contribution in [3.63, 3.8) is 0 Å². The molecule has 0 spiro atoms. The van der Waals surface area contributed by atoms with Gasteiger partial charge in [0, 0.05) is 14.8 Å². The van der Waals surface area contributed by atoms with Crippen LogP contribution < -0.4 is 0 Å². The summed E-state index contributed by atoms with van der Waals surface area (Å²) >= 11 is 0. The van der Waals surface area contributed by atoms with Crippen molar-refractivity contribution in [2.75, 3.05) is 26.2 Å². The first-order chi connectivity index (χ1) is 15.4. The summed E-state index contributed by atoms with van der Waals surface area (Å²) < 4.78 is 19.9. The summed E-state index contributed by atoms with van der Waals surface area (Å²) in [6.07, 6.45) is -11.4. The molecule has 0 aromatic rings. The molecule has 0 aliphatic carbocycles. The van der Waals surface area contributed by atoms with Crippen LogP contribution in [0.3, 0.4) is 0 Å². The van der Waals surface area contributed by atoms with E-state index in [-0.39, 0.29) is 0 Å². The second-order valence-corrected chi connectivity index (χ2v) is 6.53. The van der Waals surface area contributed by atoms with Crippen LogP contribution in [0.1, 0.15) is 19.3 Å². The van der Waals surface area contributed by atoms with Crippen LogP contribution in [0.15, 0.2) is 0 Å². The number of ether oxygens (including phenoxy) is 4. The summed E-state index contributed by atoms with van der Waals surface area (Å²) in [6, 6.07) is 0. The zero-order valence-electron chi connectivity index (χ0n) is 16.9. The van der Waals surface area contributed by atoms with Gasteiger partial charge in [-0.3, -0.25) is 44.7 Å². The van der Waals surface area contributed by atoms with E-state index in [1.807, 2.05) is 0 Å². The maximum atomic E-state index is 12.0. The first-order valence-electron chi connectivity index (χ1n) is 9.32. The third-order valence-corrected chi connectivity index (χ3v) is 4.08. The Labute approximate surface area is 183 Å². The minimum Gasteiger partial charge on any atom is -0.455 e. The van der Waals surface area contributed by atoms with E-state index < -0.39 is 109 Å². The molecule has 1 fully saturated rings. The highest BCUT2D eigenvalue weighted by atomic mass is 16.7. The fourth-order valence-corrected chi connectivity index (χ4v) is 2.55. The molecule has 1 rings (SSSR count). The molecular formula is C15H21N3O15. The van der Waals surface area contributed by atoms with E-state index in [9.17, 15) is 54.9 Å². The normalized spacial score (nSPS) is 24.4. The number of nitro groups is 3. The van der Waals surface area contributed by atoms with E-state index in [0.29, 0.717) is 0 Å². The number of carbonyl (C=O) groups excluding carboxylic acids is 3. The largest absolute Gasteiger partial charge is 0.455 e. The van der Waals surface area contributed by atoms with E-state index >= 15 is 0 Å². The van der Waals surface area contributed by atoms with Crippen molar-refractivity contribution in [3.05, 3.63) is 30.3 Å². The van der Waals surface area contributed by atoms with Gasteiger partial charge in [-0.2, -0.15) is 0 Å². The van der Waals surface area contributed by atoms with Crippen molar-refractivity contribution in [3.8, 4) is 0 Å². The van der Waals surface area contributed by atoms with E-state index in [2.05, 4.69) is 0 Å². The van der Waals surface area contributed by atoms with Crippen molar-refractivity contribution in [2.24, 2.45) is 0 Å². The van der Waals surface area contributed by atoms with Gasteiger partial charge in [-0.05, 0) is 0 Å². The molecule has 33 heavy (non-hydrogen) atoms. The Morgan fingerprint density at radius 2 is 1.15 bits per heavy atom. The molecule has 0 aromatic carbocycles. The minimum absolute atomic E-state index is 0.742. The van der Waals surface area contributed by atoms with Crippen LogP contribution in [0.25, 0.3) is 0 Å². The van der Waals surface area contributed by atoms with E-state index in [1.54, 1.807) is 0 Å². The maximum Gasteiger partial charge on any atom is 0.314 e. The van der Waals surface area contributed by atoms with Crippen LogP contribution in [0, 0.1) is 30.3 Å². The highest BCUT2D eigenvalue weighted by Gasteiger charge is 2.51. The van der Waals surface area contributed by atoms with Crippen molar-refractivity contribution in [2.45, 2.75) is 50.0 Å². The molecule has 1 heterocycles. The van der Waals surface area contributed by atoms with Gasteiger partial charge < -0.3 is 29.2 Å². The molecule has 1 aliphatic heterocycles. The summed E-state index contributed by atoms with van der Waals surface area (Å²) in [4.78, 5) is 64.7. The Morgan fingerprint density at radius 3 is 1.55 bits per heavy atom. The molecule has 1 saturated heterocycles. The van der Waals surface area contributed by atoms with Gasteiger partial charge in [0.2, 0.25) is 32.0 Å². The first kappa shape index (κ1) is 27.5. The molecule has 0 bridgehead atoms. The number of rotatable bonds is 13. The van der Waals surface area contributed by atoms with Gasteiger partial charge in [0.25, 0.3) is 0 Å². The van der Waals surface area contributed by atoms with Crippen LogP contribution in [0.5, 0.6) is 0 Å². The third-order valence-electron chi connectivity index (χ3n) is 4.08. The number of carbonyl (C=O) groups is 3. The number of nitrogens with zero attached hydrogens (tertiary/aromatic N) is 3. The summed E-state index contributed by atoms with van der Waals surface area (Å²) in [7, 11) is 0. The summed E-state index contributed by atoms with van der Waals surface area (Å²) in [5.41, 5.74) is 0. The quantitative estimate of drug-likeness (QED) is 0.118. The Morgan fingerprint density at radius 1 is 0.758 bits per heavy atom. The second kappa shape index (κ2) is 13.1.